The number of carbonyl (C=O) groups excluding carboxylic acids is 1. The van der Waals surface area contributed by atoms with Crippen LogP contribution in [0.2, 0.25) is 5.02 Å². The molecular formula is C23H28BClN2O3. The summed E-state index contributed by atoms with van der Waals surface area (Å²) in [5.41, 5.74) is 4.61. The Morgan fingerprint density at radius 1 is 1.07 bits per heavy atom. The Morgan fingerprint density at radius 2 is 1.80 bits per heavy atom. The van der Waals surface area contributed by atoms with E-state index >= 15 is 0 Å². The molecular weight excluding hydrogens is 399 g/mol. The number of benzene rings is 1. The van der Waals surface area contributed by atoms with Gasteiger partial charge < -0.3 is 18.8 Å². The van der Waals surface area contributed by atoms with Gasteiger partial charge in [-0.1, -0.05) is 23.7 Å². The van der Waals surface area contributed by atoms with Gasteiger partial charge in [-0.25, -0.2) is 0 Å². The average Bonchev–Trinajstić information content (AvgIpc) is 3.31. The summed E-state index contributed by atoms with van der Waals surface area (Å²) in [7, 11) is -0.441. The first-order valence-electron chi connectivity index (χ1n) is 10.8. The van der Waals surface area contributed by atoms with E-state index in [0.717, 1.165) is 36.1 Å². The van der Waals surface area contributed by atoms with Crippen molar-refractivity contribution in [3.05, 3.63) is 51.8 Å². The number of carbonyl (C=O) groups is 1. The number of aromatic nitrogens is 1. The number of hydrogen-bond acceptors (Lipinski definition) is 3. The van der Waals surface area contributed by atoms with Gasteiger partial charge in [-0.2, -0.15) is 0 Å². The molecule has 1 aromatic carbocycles. The second kappa shape index (κ2) is 6.88. The summed E-state index contributed by atoms with van der Waals surface area (Å²) in [6, 6.07) is 7.99. The summed E-state index contributed by atoms with van der Waals surface area (Å²) in [4.78, 5) is 15.0. The Balaban J connectivity index is 1.33. The van der Waals surface area contributed by atoms with Crippen LogP contribution in [0.3, 0.4) is 0 Å². The SMILES string of the molecule is CC1(C)OB(c2ccc(CN3CCn4c(cc5c4CCC5)C3=O)c(Cl)c2)OC1(C)C. The van der Waals surface area contributed by atoms with Gasteiger partial charge in [-0.05, 0) is 75.7 Å². The molecule has 5 nitrogen and oxygen atoms in total. The molecule has 158 valence electrons. The second-order valence-corrected chi connectivity index (χ2v) is 10.1. The largest absolute Gasteiger partial charge is 0.494 e. The normalized spacial score (nSPS) is 21.8. The molecule has 3 aliphatic rings. The van der Waals surface area contributed by atoms with E-state index in [2.05, 4.69) is 10.6 Å². The lowest BCUT2D eigenvalue weighted by Crippen LogP contribution is -2.41. The molecule has 1 fully saturated rings. The first kappa shape index (κ1) is 20.2. The molecule has 2 aromatic rings. The van der Waals surface area contributed by atoms with E-state index in [-0.39, 0.29) is 5.91 Å². The minimum absolute atomic E-state index is 0.0988. The Kier molecular flexibility index (Phi) is 4.62. The van der Waals surface area contributed by atoms with Gasteiger partial charge in [0, 0.05) is 30.4 Å². The maximum absolute atomic E-state index is 13.1. The van der Waals surface area contributed by atoms with Crippen molar-refractivity contribution < 1.29 is 14.1 Å². The Labute approximate surface area is 183 Å². The van der Waals surface area contributed by atoms with Crippen molar-refractivity contribution in [2.24, 2.45) is 0 Å². The molecule has 0 spiro atoms. The molecule has 0 radical (unpaired) electrons. The lowest BCUT2D eigenvalue weighted by atomic mass is 9.79. The fourth-order valence-corrected chi connectivity index (χ4v) is 4.94. The van der Waals surface area contributed by atoms with Gasteiger partial charge in [0.15, 0.2) is 0 Å². The minimum Gasteiger partial charge on any atom is -0.399 e. The highest BCUT2D eigenvalue weighted by atomic mass is 35.5. The van der Waals surface area contributed by atoms with E-state index in [1.165, 1.54) is 17.7 Å². The zero-order valence-electron chi connectivity index (χ0n) is 18.1. The van der Waals surface area contributed by atoms with Crippen LogP contribution in [0.25, 0.3) is 0 Å². The van der Waals surface area contributed by atoms with Crippen LogP contribution in [0.1, 0.15) is 61.4 Å². The van der Waals surface area contributed by atoms with Crippen LogP contribution >= 0.6 is 11.6 Å². The van der Waals surface area contributed by atoms with E-state index in [9.17, 15) is 4.79 Å². The van der Waals surface area contributed by atoms with Crippen LogP contribution in [0, 0.1) is 0 Å². The highest BCUT2D eigenvalue weighted by Gasteiger charge is 2.51. The van der Waals surface area contributed by atoms with Crippen molar-refractivity contribution in [2.45, 2.75) is 71.2 Å². The molecule has 2 aliphatic heterocycles. The highest BCUT2D eigenvalue weighted by Crippen LogP contribution is 2.37. The van der Waals surface area contributed by atoms with Crippen LogP contribution in [-0.4, -0.2) is 40.2 Å². The molecule has 0 saturated carbocycles. The van der Waals surface area contributed by atoms with Crippen molar-refractivity contribution in [3.63, 3.8) is 0 Å². The number of amides is 1. The van der Waals surface area contributed by atoms with Gasteiger partial charge in [0.2, 0.25) is 0 Å². The van der Waals surface area contributed by atoms with Gasteiger partial charge >= 0.3 is 7.12 Å². The molecule has 1 aromatic heterocycles. The molecule has 0 atom stereocenters. The minimum atomic E-state index is -0.441. The van der Waals surface area contributed by atoms with E-state index < -0.39 is 18.3 Å². The molecule has 5 rings (SSSR count). The highest BCUT2D eigenvalue weighted by molar-refractivity contribution is 6.62. The quantitative estimate of drug-likeness (QED) is 0.705. The van der Waals surface area contributed by atoms with Crippen molar-refractivity contribution in [1.82, 2.24) is 9.47 Å². The zero-order chi connectivity index (χ0) is 21.3. The van der Waals surface area contributed by atoms with Gasteiger partial charge in [-0.3, -0.25) is 4.79 Å². The fourth-order valence-electron chi connectivity index (χ4n) is 4.69. The maximum atomic E-state index is 13.1. The van der Waals surface area contributed by atoms with Crippen LogP contribution in [-0.2, 0) is 35.2 Å². The average molecular weight is 427 g/mol. The van der Waals surface area contributed by atoms with Crippen LogP contribution < -0.4 is 5.46 Å². The number of halogens is 1. The number of nitrogens with zero attached hydrogens (tertiary/aromatic N) is 2. The zero-order valence-corrected chi connectivity index (χ0v) is 18.9. The Bertz CT molecular complexity index is 1010. The molecule has 7 heteroatoms. The topological polar surface area (TPSA) is 43.7 Å². The van der Waals surface area contributed by atoms with Gasteiger partial charge in [0.25, 0.3) is 5.91 Å². The van der Waals surface area contributed by atoms with E-state index in [1.807, 2.05) is 50.8 Å². The first-order chi connectivity index (χ1) is 14.2. The van der Waals surface area contributed by atoms with Gasteiger partial charge in [0.1, 0.15) is 5.69 Å². The van der Waals surface area contributed by atoms with E-state index in [1.54, 1.807) is 0 Å². The number of fused-ring (bicyclic) bond motifs is 3. The fraction of sp³-hybridized carbons (Fsp3) is 0.522. The molecule has 0 bridgehead atoms. The Morgan fingerprint density at radius 3 is 2.50 bits per heavy atom. The number of rotatable bonds is 3. The predicted octanol–water partition coefficient (Wildman–Crippen LogP) is 3.59. The van der Waals surface area contributed by atoms with Crippen molar-refractivity contribution in [1.29, 1.82) is 0 Å². The first-order valence-corrected chi connectivity index (χ1v) is 11.2. The molecule has 3 heterocycles. The van der Waals surface area contributed by atoms with Crippen LogP contribution in [0.5, 0.6) is 0 Å². The molecule has 1 aliphatic carbocycles. The molecule has 30 heavy (non-hydrogen) atoms. The third kappa shape index (κ3) is 3.12. The smallest absolute Gasteiger partial charge is 0.399 e. The summed E-state index contributed by atoms with van der Waals surface area (Å²) in [6.07, 6.45) is 3.39. The molecule has 1 amide bonds. The van der Waals surface area contributed by atoms with Gasteiger partial charge in [-0.15, -0.1) is 0 Å². The third-order valence-corrected chi connectivity index (χ3v) is 7.57. The van der Waals surface area contributed by atoms with E-state index in [0.29, 0.717) is 18.1 Å². The van der Waals surface area contributed by atoms with Gasteiger partial charge in [0.05, 0.1) is 11.2 Å². The number of hydrogen-bond donors (Lipinski definition) is 0. The number of aryl methyl sites for hydroxylation is 1. The summed E-state index contributed by atoms with van der Waals surface area (Å²) < 4.78 is 14.5. The maximum Gasteiger partial charge on any atom is 0.494 e. The molecule has 1 saturated heterocycles. The second-order valence-electron chi connectivity index (χ2n) is 9.67. The summed E-state index contributed by atoms with van der Waals surface area (Å²) in [6.45, 7) is 10.2. The van der Waals surface area contributed by atoms with E-state index in [4.69, 9.17) is 20.9 Å². The lowest BCUT2D eigenvalue weighted by Gasteiger charge is -2.32. The van der Waals surface area contributed by atoms with Crippen LogP contribution in [0.15, 0.2) is 24.3 Å². The lowest BCUT2D eigenvalue weighted by molar-refractivity contribution is 0.00578. The van der Waals surface area contributed by atoms with Crippen molar-refractivity contribution in [2.75, 3.05) is 6.54 Å². The van der Waals surface area contributed by atoms with Crippen LogP contribution in [0.4, 0.5) is 0 Å². The summed E-state index contributed by atoms with van der Waals surface area (Å²) in [5.74, 6) is 0.0988. The Hall–Kier alpha value is -1.76. The summed E-state index contributed by atoms with van der Waals surface area (Å²) >= 11 is 6.62. The van der Waals surface area contributed by atoms with Crippen molar-refractivity contribution >= 4 is 30.1 Å². The predicted molar refractivity (Wildman–Crippen MR) is 118 cm³/mol. The standard InChI is InChI=1S/C23H28BClN2O3/c1-22(2)23(3,4)30-24(29-22)17-9-8-16(18(25)13-17)14-26-10-11-27-19-7-5-6-15(19)12-20(27)21(26)28/h8-9,12-13H,5-7,10-11,14H2,1-4H3. The third-order valence-electron chi connectivity index (χ3n) is 7.22. The molecule has 0 N–H and O–H groups in total. The van der Waals surface area contributed by atoms with Crippen molar-refractivity contribution in [3.8, 4) is 0 Å². The molecule has 0 unspecified atom stereocenters. The monoisotopic (exact) mass is 426 g/mol. The summed E-state index contributed by atoms with van der Waals surface area (Å²) in [5, 5.41) is 0.637.